The third-order valence-electron chi connectivity index (χ3n) is 5.13. The number of nitrogens with zero attached hydrogens (tertiary/aromatic N) is 1. The van der Waals surface area contributed by atoms with Gasteiger partial charge in [0.25, 0.3) is 5.91 Å². The summed E-state index contributed by atoms with van der Waals surface area (Å²) in [6.07, 6.45) is 0.513. The Morgan fingerprint density at radius 3 is 2.63 bits per heavy atom. The standard InChI is InChI=1S/C23H20FNO5/c1-29-12-4-11-25-20(14-7-9-16(24)10-8-14)19(22(27)23(25)28)21(26)18-13-15-5-2-3-6-17(15)30-18/h2-3,5-10,13,20,27H,4,11-12H2,1H3. The number of carbonyl (C=O) groups is 2. The van der Waals surface area contributed by atoms with Gasteiger partial charge in [-0.1, -0.05) is 30.3 Å². The summed E-state index contributed by atoms with van der Waals surface area (Å²) in [5.74, 6) is -2.27. The highest BCUT2D eigenvalue weighted by molar-refractivity contribution is 6.16. The van der Waals surface area contributed by atoms with E-state index in [4.69, 9.17) is 9.15 Å². The quantitative estimate of drug-likeness (QED) is 0.468. The van der Waals surface area contributed by atoms with E-state index in [-0.39, 0.29) is 17.9 Å². The summed E-state index contributed by atoms with van der Waals surface area (Å²) >= 11 is 0. The van der Waals surface area contributed by atoms with E-state index in [1.807, 2.05) is 6.07 Å². The molecule has 6 nitrogen and oxygen atoms in total. The monoisotopic (exact) mass is 409 g/mol. The first kappa shape index (κ1) is 19.8. The number of methoxy groups -OCH3 is 1. The van der Waals surface area contributed by atoms with Gasteiger partial charge in [0.2, 0.25) is 5.78 Å². The summed E-state index contributed by atoms with van der Waals surface area (Å²) < 4.78 is 24.2. The van der Waals surface area contributed by atoms with Crippen LogP contribution in [0.2, 0.25) is 0 Å². The zero-order valence-electron chi connectivity index (χ0n) is 16.3. The lowest BCUT2D eigenvalue weighted by Crippen LogP contribution is -2.32. The number of hydrogen-bond acceptors (Lipinski definition) is 5. The van der Waals surface area contributed by atoms with Gasteiger partial charge in [-0.05, 0) is 36.2 Å². The van der Waals surface area contributed by atoms with Crippen LogP contribution in [0.1, 0.15) is 28.6 Å². The molecule has 1 aromatic heterocycles. The summed E-state index contributed by atoms with van der Waals surface area (Å²) in [6, 6.07) is 13.4. The Hall–Kier alpha value is -3.45. The maximum absolute atomic E-state index is 13.5. The van der Waals surface area contributed by atoms with Crippen molar-refractivity contribution in [2.75, 3.05) is 20.3 Å². The van der Waals surface area contributed by atoms with Gasteiger partial charge in [0.05, 0.1) is 11.6 Å². The third kappa shape index (κ3) is 3.48. The smallest absolute Gasteiger partial charge is 0.290 e. The summed E-state index contributed by atoms with van der Waals surface area (Å²) in [6.45, 7) is 0.670. The molecule has 2 heterocycles. The van der Waals surface area contributed by atoms with Crippen molar-refractivity contribution in [2.24, 2.45) is 0 Å². The third-order valence-corrected chi connectivity index (χ3v) is 5.13. The number of ketones is 1. The average Bonchev–Trinajstić information content (AvgIpc) is 3.29. The van der Waals surface area contributed by atoms with Crippen molar-refractivity contribution >= 4 is 22.7 Å². The molecule has 1 N–H and O–H groups in total. The minimum absolute atomic E-state index is 0.0244. The molecule has 1 atom stereocenters. The Morgan fingerprint density at radius 1 is 1.20 bits per heavy atom. The van der Waals surface area contributed by atoms with E-state index in [1.54, 1.807) is 31.4 Å². The van der Waals surface area contributed by atoms with E-state index in [9.17, 15) is 19.1 Å². The molecule has 0 aliphatic carbocycles. The van der Waals surface area contributed by atoms with Crippen LogP contribution in [0, 0.1) is 5.82 Å². The minimum atomic E-state index is -0.851. The number of para-hydroxylation sites is 1. The van der Waals surface area contributed by atoms with Crippen molar-refractivity contribution in [3.05, 3.63) is 83.1 Å². The highest BCUT2D eigenvalue weighted by Crippen LogP contribution is 2.39. The molecule has 0 saturated carbocycles. The van der Waals surface area contributed by atoms with Crippen LogP contribution in [0.5, 0.6) is 0 Å². The Morgan fingerprint density at radius 2 is 1.93 bits per heavy atom. The van der Waals surface area contributed by atoms with Crippen LogP contribution < -0.4 is 0 Å². The molecule has 4 rings (SSSR count). The maximum atomic E-state index is 13.5. The number of hydrogen-bond donors (Lipinski definition) is 1. The van der Waals surface area contributed by atoms with Gasteiger partial charge in [0.1, 0.15) is 11.4 Å². The number of rotatable bonds is 7. The van der Waals surface area contributed by atoms with Crippen molar-refractivity contribution in [1.82, 2.24) is 4.90 Å². The molecule has 0 bridgehead atoms. The molecule has 1 aliphatic rings. The predicted octanol–water partition coefficient (Wildman–Crippen LogP) is 4.19. The zero-order chi connectivity index (χ0) is 21.3. The fourth-order valence-electron chi connectivity index (χ4n) is 3.71. The van der Waals surface area contributed by atoms with Crippen molar-refractivity contribution in [2.45, 2.75) is 12.5 Å². The van der Waals surface area contributed by atoms with E-state index in [0.717, 1.165) is 5.39 Å². The van der Waals surface area contributed by atoms with Crippen LogP contribution in [0.15, 0.2) is 70.3 Å². The normalized spacial score (nSPS) is 16.7. The molecule has 0 saturated heterocycles. The Balaban J connectivity index is 1.76. The second kappa shape index (κ2) is 8.12. The first-order chi connectivity index (χ1) is 14.5. The number of benzene rings is 2. The largest absolute Gasteiger partial charge is 0.503 e. The van der Waals surface area contributed by atoms with Gasteiger partial charge in [-0.3, -0.25) is 9.59 Å². The maximum Gasteiger partial charge on any atom is 0.290 e. The first-order valence-electron chi connectivity index (χ1n) is 9.53. The van der Waals surface area contributed by atoms with Gasteiger partial charge in [-0.15, -0.1) is 0 Å². The van der Waals surface area contributed by atoms with Crippen LogP contribution in [0.4, 0.5) is 4.39 Å². The molecule has 0 fully saturated rings. The summed E-state index contributed by atoms with van der Waals surface area (Å²) in [5, 5.41) is 11.3. The highest BCUT2D eigenvalue weighted by atomic mass is 19.1. The second-order valence-electron chi connectivity index (χ2n) is 7.04. The number of aliphatic hydroxyl groups is 1. The lowest BCUT2D eigenvalue weighted by atomic mass is 9.95. The van der Waals surface area contributed by atoms with Gasteiger partial charge in [-0.25, -0.2) is 4.39 Å². The molecule has 7 heteroatoms. The Kier molecular flexibility index (Phi) is 5.37. The lowest BCUT2D eigenvalue weighted by molar-refractivity contribution is -0.129. The van der Waals surface area contributed by atoms with Crippen molar-refractivity contribution in [1.29, 1.82) is 0 Å². The fourth-order valence-corrected chi connectivity index (χ4v) is 3.71. The lowest BCUT2D eigenvalue weighted by Gasteiger charge is -2.26. The SMILES string of the molecule is COCCCN1C(=O)C(O)=C(C(=O)c2cc3ccccc3o2)C1c1ccc(F)cc1. The molecular formula is C23H20FNO5. The first-order valence-corrected chi connectivity index (χ1v) is 9.53. The van der Waals surface area contributed by atoms with Crippen LogP contribution in [-0.2, 0) is 9.53 Å². The van der Waals surface area contributed by atoms with Crippen molar-refractivity contribution in [3.63, 3.8) is 0 Å². The topological polar surface area (TPSA) is 80.0 Å². The van der Waals surface area contributed by atoms with Crippen LogP contribution in [0.25, 0.3) is 11.0 Å². The van der Waals surface area contributed by atoms with E-state index < -0.39 is 29.3 Å². The summed E-state index contributed by atoms with van der Waals surface area (Å²) in [7, 11) is 1.55. The number of furan rings is 1. The zero-order valence-corrected chi connectivity index (χ0v) is 16.3. The second-order valence-corrected chi connectivity index (χ2v) is 7.04. The number of fused-ring (bicyclic) bond motifs is 1. The predicted molar refractivity (Wildman–Crippen MR) is 108 cm³/mol. The molecule has 154 valence electrons. The van der Waals surface area contributed by atoms with Crippen molar-refractivity contribution in [3.8, 4) is 0 Å². The van der Waals surface area contributed by atoms with Gasteiger partial charge in [0, 0.05) is 25.6 Å². The van der Waals surface area contributed by atoms with Gasteiger partial charge in [0.15, 0.2) is 11.5 Å². The molecular weight excluding hydrogens is 389 g/mol. The molecule has 1 amide bonds. The highest BCUT2D eigenvalue weighted by Gasteiger charge is 2.44. The van der Waals surface area contributed by atoms with Crippen molar-refractivity contribution < 1.29 is 28.2 Å². The van der Waals surface area contributed by atoms with Gasteiger partial charge >= 0.3 is 0 Å². The number of amides is 1. The van der Waals surface area contributed by atoms with Gasteiger partial charge < -0.3 is 19.2 Å². The van der Waals surface area contributed by atoms with Crippen LogP contribution >= 0.6 is 0 Å². The molecule has 0 radical (unpaired) electrons. The number of ether oxygens (including phenoxy) is 1. The molecule has 1 unspecified atom stereocenters. The number of Topliss-reactive ketones (excluding diaryl/α,β-unsaturated/α-hetero) is 1. The molecule has 3 aromatic rings. The molecule has 2 aromatic carbocycles. The fraction of sp³-hybridized carbons (Fsp3) is 0.217. The van der Waals surface area contributed by atoms with Crippen LogP contribution in [-0.4, -0.2) is 42.0 Å². The molecule has 0 spiro atoms. The van der Waals surface area contributed by atoms with E-state index in [1.165, 1.54) is 29.2 Å². The van der Waals surface area contributed by atoms with Crippen LogP contribution in [0.3, 0.4) is 0 Å². The Labute approximate surface area is 172 Å². The summed E-state index contributed by atoms with van der Waals surface area (Å²) in [4.78, 5) is 27.5. The minimum Gasteiger partial charge on any atom is -0.503 e. The molecule has 1 aliphatic heterocycles. The Bertz CT molecular complexity index is 1100. The molecule has 30 heavy (non-hydrogen) atoms. The van der Waals surface area contributed by atoms with E-state index in [0.29, 0.717) is 24.2 Å². The van der Waals surface area contributed by atoms with E-state index >= 15 is 0 Å². The summed E-state index contributed by atoms with van der Waals surface area (Å²) in [5.41, 5.74) is 0.967. The average molecular weight is 409 g/mol. The number of carbonyl (C=O) groups excluding carboxylic acids is 2. The van der Waals surface area contributed by atoms with Gasteiger partial charge in [-0.2, -0.15) is 0 Å². The number of halogens is 1. The van der Waals surface area contributed by atoms with E-state index in [2.05, 4.69) is 0 Å². The number of aliphatic hydroxyl groups excluding tert-OH is 1.